The number of carbonyl (C=O) groups is 1. The van der Waals surface area contributed by atoms with Crippen molar-refractivity contribution in [2.45, 2.75) is 58.3 Å². The maximum absolute atomic E-state index is 12.2. The number of carboxylic acid groups (broad SMARTS) is 1. The largest absolute Gasteiger partial charge is 0.497 e. The number of thiophene rings is 1. The zero-order valence-corrected chi connectivity index (χ0v) is 18.1. The Morgan fingerprint density at radius 2 is 2.03 bits per heavy atom. The first kappa shape index (κ1) is 19.9. The Kier molecular flexibility index (Phi) is 5.59. The van der Waals surface area contributed by atoms with Crippen LogP contribution in [0.3, 0.4) is 0 Å². The van der Waals surface area contributed by atoms with Gasteiger partial charge in [-0.25, -0.2) is 4.98 Å². The van der Waals surface area contributed by atoms with Crippen LogP contribution in [0.5, 0.6) is 5.75 Å². The lowest BCUT2D eigenvalue weighted by Gasteiger charge is -2.20. The molecule has 1 unspecified atom stereocenters. The maximum Gasteiger partial charge on any atom is 0.311 e. The molecule has 2 aromatic heterocycles. The Hall–Kier alpha value is -2.40. The molecule has 4 nitrogen and oxygen atoms in total. The van der Waals surface area contributed by atoms with Crippen molar-refractivity contribution in [3.8, 4) is 5.75 Å². The van der Waals surface area contributed by atoms with Crippen LogP contribution in [0.15, 0.2) is 24.3 Å². The molecule has 1 aliphatic carbocycles. The van der Waals surface area contributed by atoms with E-state index in [1.807, 2.05) is 26.0 Å². The highest BCUT2D eigenvalue weighted by atomic mass is 32.1. The van der Waals surface area contributed by atoms with Crippen LogP contribution in [0.4, 0.5) is 0 Å². The molecule has 0 saturated heterocycles. The zero-order chi connectivity index (χ0) is 20.5. The molecule has 4 rings (SSSR count). The zero-order valence-electron chi connectivity index (χ0n) is 17.2. The van der Waals surface area contributed by atoms with Crippen LogP contribution in [0.2, 0.25) is 0 Å². The number of rotatable bonds is 7. The SMILES string of the molecule is CCCC(C(=O)O)c1c(C)nc2sc3c(c2c1Cc1ccc(OC)cc1)CCC3. The minimum absolute atomic E-state index is 0.512. The molecule has 5 heteroatoms. The van der Waals surface area contributed by atoms with E-state index in [9.17, 15) is 9.90 Å². The first-order valence-electron chi connectivity index (χ1n) is 10.3. The predicted molar refractivity (Wildman–Crippen MR) is 117 cm³/mol. The maximum atomic E-state index is 12.2. The first-order chi connectivity index (χ1) is 14.0. The molecule has 2 heterocycles. The van der Waals surface area contributed by atoms with Crippen LogP contribution in [0, 0.1) is 6.92 Å². The molecule has 1 atom stereocenters. The van der Waals surface area contributed by atoms with Crippen molar-refractivity contribution in [1.82, 2.24) is 4.98 Å². The van der Waals surface area contributed by atoms with Crippen LogP contribution < -0.4 is 4.74 Å². The smallest absolute Gasteiger partial charge is 0.311 e. The van der Waals surface area contributed by atoms with Gasteiger partial charge in [-0.05, 0) is 73.4 Å². The number of pyridine rings is 1. The fraction of sp³-hybridized carbons (Fsp3) is 0.417. The predicted octanol–water partition coefficient (Wildman–Crippen LogP) is 5.66. The Balaban J connectivity index is 1.93. The standard InChI is InChI=1S/C24H27NO3S/c1-4-6-18(24(26)27)21-14(2)25-23-22(17-7-5-8-20(17)29-23)19(21)13-15-9-11-16(28-3)12-10-15/h9-12,18H,4-8,13H2,1-3H3,(H,26,27). The summed E-state index contributed by atoms with van der Waals surface area (Å²) in [5.41, 5.74) is 5.52. The summed E-state index contributed by atoms with van der Waals surface area (Å²) in [7, 11) is 1.67. The van der Waals surface area contributed by atoms with Gasteiger partial charge in [-0.1, -0.05) is 25.5 Å². The van der Waals surface area contributed by atoms with E-state index in [4.69, 9.17) is 9.72 Å². The molecule has 152 valence electrons. The molecule has 1 aromatic carbocycles. The number of aryl methyl sites for hydroxylation is 3. The second kappa shape index (κ2) is 8.15. The number of nitrogens with zero attached hydrogens (tertiary/aromatic N) is 1. The van der Waals surface area contributed by atoms with Crippen molar-refractivity contribution in [1.29, 1.82) is 0 Å². The van der Waals surface area contributed by atoms with E-state index in [1.165, 1.54) is 22.2 Å². The summed E-state index contributed by atoms with van der Waals surface area (Å²) in [5.74, 6) is -0.433. The second-order valence-corrected chi connectivity index (χ2v) is 8.91. The highest BCUT2D eigenvalue weighted by molar-refractivity contribution is 7.18. The number of benzene rings is 1. The van der Waals surface area contributed by atoms with Crippen LogP contribution in [0.25, 0.3) is 10.2 Å². The molecule has 0 saturated carbocycles. The third kappa shape index (κ3) is 3.64. The third-order valence-corrected chi connectivity index (χ3v) is 7.14. The number of hydrogen-bond acceptors (Lipinski definition) is 4. The van der Waals surface area contributed by atoms with E-state index >= 15 is 0 Å². The quantitative estimate of drug-likeness (QED) is 0.547. The molecule has 3 aromatic rings. The fourth-order valence-electron chi connectivity index (χ4n) is 4.62. The van der Waals surface area contributed by atoms with Crippen LogP contribution in [-0.2, 0) is 24.1 Å². The molecular weight excluding hydrogens is 382 g/mol. The molecule has 0 aliphatic heterocycles. The Bertz CT molecular complexity index is 1050. The number of carboxylic acids is 1. The second-order valence-electron chi connectivity index (χ2n) is 7.83. The summed E-state index contributed by atoms with van der Waals surface area (Å²) in [4.78, 5) is 19.6. The van der Waals surface area contributed by atoms with Gasteiger partial charge in [-0.2, -0.15) is 0 Å². The Labute approximate surface area is 175 Å². The minimum Gasteiger partial charge on any atom is -0.497 e. The third-order valence-electron chi connectivity index (χ3n) is 5.95. The van der Waals surface area contributed by atoms with Crippen molar-refractivity contribution in [3.63, 3.8) is 0 Å². The monoisotopic (exact) mass is 409 g/mol. The Morgan fingerprint density at radius 1 is 1.28 bits per heavy atom. The molecule has 29 heavy (non-hydrogen) atoms. The highest BCUT2D eigenvalue weighted by Gasteiger charge is 2.29. The van der Waals surface area contributed by atoms with E-state index in [0.717, 1.165) is 58.6 Å². The van der Waals surface area contributed by atoms with Crippen LogP contribution in [-0.4, -0.2) is 23.2 Å². The van der Waals surface area contributed by atoms with E-state index in [1.54, 1.807) is 18.4 Å². The molecule has 0 spiro atoms. The molecule has 0 bridgehead atoms. The summed E-state index contributed by atoms with van der Waals surface area (Å²) < 4.78 is 5.30. The summed E-state index contributed by atoms with van der Waals surface area (Å²) in [6, 6.07) is 8.09. The molecule has 0 radical (unpaired) electrons. The lowest BCUT2D eigenvalue weighted by molar-refractivity contribution is -0.139. The van der Waals surface area contributed by atoms with Crippen molar-refractivity contribution < 1.29 is 14.6 Å². The molecule has 0 amide bonds. The molecular formula is C24H27NO3S. The van der Waals surface area contributed by atoms with Crippen molar-refractivity contribution in [2.24, 2.45) is 0 Å². The van der Waals surface area contributed by atoms with E-state index in [-0.39, 0.29) is 0 Å². The van der Waals surface area contributed by atoms with E-state index in [2.05, 4.69) is 12.1 Å². The topological polar surface area (TPSA) is 59.4 Å². The van der Waals surface area contributed by atoms with Crippen molar-refractivity contribution >= 4 is 27.5 Å². The summed E-state index contributed by atoms with van der Waals surface area (Å²) in [6.07, 6.45) is 5.55. The van der Waals surface area contributed by atoms with Gasteiger partial charge in [0.05, 0.1) is 13.0 Å². The average Bonchev–Trinajstić information content (AvgIpc) is 3.28. The van der Waals surface area contributed by atoms with Gasteiger partial charge < -0.3 is 9.84 Å². The van der Waals surface area contributed by atoms with Crippen molar-refractivity contribution in [3.05, 3.63) is 57.1 Å². The van der Waals surface area contributed by atoms with Gasteiger partial charge >= 0.3 is 5.97 Å². The van der Waals surface area contributed by atoms with Gasteiger partial charge in [0.25, 0.3) is 0 Å². The number of aliphatic carboxylic acids is 1. The lowest BCUT2D eigenvalue weighted by Crippen LogP contribution is -2.16. The van der Waals surface area contributed by atoms with Gasteiger partial charge in [-0.15, -0.1) is 11.3 Å². The number of methoxy groups -OCH3 is 1. The van der Waals surface area contributed by atoms with E-state index in [0.29, 0.717) is 6.42 Å². The van der Waals surface area contributed by atoms with Gasteiger partial charge in [0.15, 0.2) is 0 Å². The number of fused-ring (bicyclic) bond motifs is 3. The summed E-state index contributed by atoms with van der Waals surface area (Å²) in [6.45, 7) is 4.02. The molecule has 1 N–H and O–H groups in total. The lowest BCUT2D eigenvalue weighted by atomic mass is 9.85. The van der Waals surface area contributed by atoms with Crippen molar-refractivity contribution in [2.75, 3.05) is 7.11 Å². The fourth-order valence-corrected chi connectivity index (χ4v) is 5.96. The van der Waals surface area contributed by atoms with Gasteiger partial charge in [0.1, 0.15) is 10.6 Å². The van der Waals surface area contributed by atoms with Crippen LogP contribution >= 0.6 is 11.3 Å². The van der Waals surface area contributed by atoms with Gasteiger partial charge in [-0.3, -0.25) is 4.79 Å². The number of aromatic nitrogens is 1. The highest BCUT2D eigenvalue weighted by Crippen LogP contribution is 2.42. The average molecular weight is 410 g/mol. The normalized spacial score (nSPS) is 14.2. The van der Waals surface area contributed by atoms with Crippen LogP contribution in [0.1, 0.15) is 64.9 Å². The minimum atomic E-state index is -0.751. The summed E-state index contributed by atoms with van der Waals surface area (Å²) in [5, 5.41) is 11.2. The molecule has 0 fully saturated rings. The molecule has 1 aliphatic rings. The van der Waals surface area contributed by atoms with Gasteiger partial charge in [0.2, 0.25) is 0 Å². The number of hydrogen-bond donors (Lipinski definition) is 1. The Morgan fingerprint density at radius 3 is 2.69 bits per heavy atom. The van der Waals surface area contributed by atoms with E-state index < -0.39 is 11.9 Å². The number of ether oxygens (including phenoxy) is 1. The summed E-state index contributed by atoms with van der Waals surface area (Å²) >= 11 is 1.79. The first-order valence-corrected chi connectivity index (χ1v) is 11.1. The van der Waals surface area contributed by atoms with Gasteiger partial charge in [0, 0.05) is 16.0 Å².